The van der Waals surface area contributed by atoms with E-state index < -0.39 is 34.6 Å². The Bertz CT molecular complexity index is 734. The Morgan fingerprint density at radius 3 is 2.24 bits per heavy atom. The van der Waals surface area contributed by atoms with Crippen molar-refractivity contribution in [2.45, 2.75) is 0 Å². The van der Waals surface area contributed by atoms with Crippen LogP contribution in [0.3, 0.4) is 0 Å². The van der Waals surface area contributed by atoms with E-state index >= 15 is 0 Å². The van der Waals surface area contributed by atoms with Crippen molar-refractivity contribution in [2.75, 3.05) is 5.32 Å². The fourth-order valence-corrected chi connectivity index (χ4v) is 2.08. The largest absolute Gasteiger partial charge is 0.478 e. The van der Waals surface area contributed by atoms with Crippen LogP contribution in [-0.2, 0) is 0 Å². The van der Waals surface area contributed by atoms with Crippen LogP contribution in [0.1, 0.15) is 20.7 Å². The second-order valence-electron chi connectivity index (χ2n) is 4.08. The normalized spacial score (nSPS) is 10.2. The van der Waals surface area contributed by atoms with Crippen molar-refractivity contribution in [2.24, 2.45) is 0 Å². The molecule has 0 heterocycles. The van der Waals surface area contributed by atoms with Crippen molar-refractivity contribution < 1.29 is 23.5 Å². The average molecular weight is 356 g/mol. The number of rotatable bonds is 3. The number of carboxylic acid groups (broad SMARTS) is 1. The molecule has 0 aliphatic rings. The lowest BCUT2D eigenvalue weighted by atomic mass is 10.1. The fourth-order valence-electron chi connectivity index (χ4n) is 1.68. The molecule has 2 aromatic carbocycles. The number of nitrogens with one attached hydrogen (secondary N) is 1. The monoisotopic (exact) mass is 355 g/mol. The summed E-state index contributed by atoms with van der Waals surface area (Å²) in [6.07, 6.45) is 0. The summed E-state index contributed by atoms with van der Waals surface area (Å²) in [5.41, 5.74) is -0.682. The third-order valence-corrected chi connectivity index (χ3v) is 3.11. The summed E-state index contributed by atoms with van der Waals surface area (Å²) in [6, 6.07) is 7.58. The summed E-state index contributed by atoms with van der Waals surface area (Å²) in [5, 5.41) is 11.4. The maximum absolute atomic E-state index is 13.2. The van der Waals surface area contributed by atoms with E-state index in [-0.39, 0.29) is 0 Å². The van der Waals surface area contributed by atoms with Gasteiger partial charge in [0, 0.05) is 10.2 Å². The van der Waals surface area contributed by atoms with Crippen molar-refractivity contribution in [3.8, 4) is 0 Å². The van der Waals surface area contributed by atoms with Gasteiger partial charge in [-0.3, -0.25) is 4.79 Å². The molecule has 0 aromatic heterocycles. The molecule has 0 radical (unpaired) electrons. The number of carbonyl (C=O) groups excluding carboxylic acids is 1. The predicted molar refractivity (Wildman–Crippen MR) is 75.4 cm³/mol. The number of aromatic carboxylic acids is 1. The van der Waals surface area contributed by atoms with E-state index in [1.165, 1.54) is 0 Å². The minimum absolute atomic E-state index is 0.385. The Morgan fingerprint density at radius 1 is 1.05 bits per heavy atom. The fraction of sp³-hybridized carbons (Fsp3) is 0. The van der Waals surface area contributed by atoms with Gasteiger partial charge in [0.1, 0.15) is 0 Å². The van der Waals surface area contributed by atoms with Crippen molar-refractivity contribution in [1.82, 2.24) is 0 Å². The third-order valence-electron chi connectivity index (χ3n) is 2.62. The van der Waals surface area contributed by atoms with Crippen LogP contribution < -0.4 is 5.32 Å². The lowest BCUT2D eigenvalue weighted by Gasteiger charge is -2.09. The maximum atomic E-state index is 13.2. The van der Waals surface area contributed by atoms with Crippen LogP contribution in [0, 0.1) is 11.6 Å². The number of hydrogen-bond donors (Lipinski definition) is 2. The highest BCUT2D eigenvalue weighted by Crippen LogP contribution is 2.19. The van der Waals surface area contributed by atoms with Gasteiger partial charge >= 0.3 is 5.97 Å². The number of hydrogen-bond acceptors (Lipinski definition) is 2. The highest BCUT2D eigenvalue weighted by molar-refractivity contribution is 9.10. The smallest absolute Gasteiger partial charge is 0.336 e. The van der Waals surface area contributed by atoms with Crippen LogP contribution in [0.15, 0.2) is 40.9 Å². The van der Waals surface area contributed by atoms with Crippen LogP contribution in [-0.4, -0.2) is 17.0 Å². The van der Waals surface area contributed by atoms with Crippen molar-refractivity contribution >= 4 is 33.5 Å². The van der Waals surface area contributed by atoms with Gasteiger partial charge < -0.3 is 10.4 Å². The molecule has 21 heavy (non-hydrogen) atoms. The zero-order valence-electron chi connectivity index (χ0n) is 10.4. The molecule has 2 aromatic rings. The Hall–Kier alpha value is -2.28. The minimum atomic E-state index is -1.52. The van der Waals surface area contributed by atoms with Gasteiger partial charge in [-0.15, -0.1) is 0 Å². The molecular formula is C14H8BrF2NO3. The molecule has 0 saturated heterocycles. The molecular weight excluding hydrogens is 348 g/mol. The molecule has 0 aliphatic heterocycles. The molecule has 7 heteroatoms. The molecule has 0 spiro atoms. The van der Waals surface area contributed by atoms with Crippen molar-refractivity contribution in [3.05, 3.63) is 63.6 Å². The van der Waals surface area contributed by atoms with Crippen molar-refractivity contribution in [3.63, 3.8) is 0 Å². The number of anilines is 1. The van der Waals surface area contributed by atoms with Crippen LogP contribution in [0.5, 0.6) is 0 Å². The zero-order chi connectivity index (χ0) is 15.6. The van der Waals surface area contributed by atoms with Gasteiger partial charge in [0.15, 0.2) is 11.6 Å². The Morgan fingerprint density at radius 2 is 1.67 bits per heavy atom. The van der Waals surface area contributed by atoms with Gasteiger partial charge in [0.25, 0.3) is 5.91 Å². The van der Waals surface area contributed by atoms with Gasteiger partial charge in [-0.25, -0.2) is 13.6 Å². The Kier molecular flexibility index (Phi) is 4.32. The first-order valence-corrected chi connectivity index (χ1v) is 6.47. The highest BCUT2D eigenvalue weighted by Gasteiger charge is 2.20. The van der Waals surface area contributed by atoms with E-state index in [1.807, 2.05) is 0 Å². The summed E-state index contributed by atoms with van der Waals surface area (Å²) in [6.45, 7) is 0. The first-order valence-electron chi connectivity index (χ1n) is 5.67. The number of halogens is 3. The molecule has 0 bridgehead atoms. The highest BCUT2D eigenvalue weighted by atomic mass is 79.9. The lowest BCUT2D eigenvalue weighted by Crippen LogP contribution is -2.17. The van der Waals surface area contributed by atoms with Gasteiger partial charge in [-0.1, -0.05) is 22.0 Å². The van der Waals surface area contributed by atoms with E-state index in [1.54, 1.807) is 24.3 Å². The molecule has 1 amide bonds. The van der Waals surface area contributed by atoms with Crippen LogP contribution in [0.2, 0.25) is 0 Å². The quantitative estimate of drug-likeness (QED) is 0.882. The summed E-state index contributed by atoms with van der Waals surface area (Å²) in [7, 11) is 0. The van der Waals surface area contributed by atoms with E-state index in [2.05, 4.69) is 21.2 Å². The zero-order valence-corrected chi connectivity index (χ0v) is 11.9. The number of carboxylic acids is 1. The molecule has 4 nitrogen and oxygen atoms in total. The summed E-state index contributed by atoms with van der Waals surface area (Å²) in [5.74, 6) is -4.98. The molecule has 0 atom stereocenters. The molecule has 2 rings (SSSR count). The van der Waals surface area contributed by atoms with Crippen LogP contribution in [0.25, 0.3) is 0 Å². The number of carbonyl (C=O) groups is 2. The van der Waals surface area contributed by atoms with E-state index in [0.29, 0.717) is 22.3 Å². The Balaban J connectivity index is 2.39. The van der Waals surface area contributed by atoms with Crippen LogP contribution >= 0.6 is 15.9 Å². The molecule has 0 saturated carbocycles. The lowest BCUT2D eigenvalue weighted by molar-refractivity contribution is 0.0691. The molecule has 2 N–H and O–H groups in total. The van der Waals surface area contributed by atoms with Gasteiger partial charge in [0.2, 0.25) is 0 Å². The number of amides is 1. The summed E-state index contributed by atoms with van der Waals surface area (Å²) < 4.78 is 27.0. The molecule has 0 fully saturated rings. The first-order chi connectivity index (χ1) is 9.88. The predicted octanol–water partition coefficient (Wildman–Crippen LogP) is 3.68. The van der Waals surface area contributed by atoms with Crippen molar-refractivity contribution in [1.29, 1.82) is 0 Å². The first kappa shape index (κ1) is 15.1. The van der Waals surface area contributed by atoms with E-state index in [0.717, 1.165) is 0 Å². The SMILES string of the molecule is O=C(O)c1cc(F)c(F)cc1C(=O)Nc1cccc(Br)c1. The Labute approximate surface area is 126 Å². The molecule has 0 unspecified atom stereocenters. The van der Waals surface area contributed by atoms with Gasteiger partial charge in [-0.05, 0) is 30.3 Å². The standard InChI is InChI=1S/C14H8BrF2NO3/c15-7-2-1-3-8(4-7)18-13(19)9-5-11(16)12(17)6-10(9)14(20)21/h1-6H,(H,18,19)(H,20,21). The summed E-state index contributed by atoms with van der Waals surface area (Å²) in [4.78, 5) is 23.1. The van der Waals surface area contributed by atoms with Crippen LogP contribution in [0.4, 0.5) is 14.5 Å². The second-order valence-corrected chi connectivity index (χ2v) is 5.00. The van der Waals surface area contributed by atoms with E-state index in [9.17, 15) is 18.4 Å². The minimum Gasteiger partial charge on any atom is -0.478 e. The molecule has 0 aliphatic carbocycles. The van der Waals surface area contributed by atoms with Gasteiger partial charge in [-0.2, -0.15) is 0 Å². The second kappa shape index (κ2) is 6.01. The maximum Gasteiger partial charge on any atom is 0.336 e. The topological polar surface area (TPSA) is 66.4 Å². The average Bonchev–Trinajstić information content (AvgIpc) is 2.41. The number of benzene rings is 2. The molecule has 108 valence electrons. The third kappa shape index (κ3) is 3.43. The summed E-state index contributed by atoms with van der Waals surface area (Å²) >= 11 is 3.21. The van der Waals surface area contributed by atoms with Gasteiger partial charge in [0.05, 0.1) is 11.1 Å². The van der Waals surface area contributed by atoms with E-state index in [4.69, 9.17) is 5.11 Å².